The van der Waals surface area contributed by atoms with Gasteiger partial charge in [0, 0.05) is 12.0 Å². The van der Waals surface area contributed by atoms with Crippen molar-refractivity contribution >= 4 is 5.97 Å². The van der Waals surface area contributed by atoms with Gasteiger partial charge in [-0.2, -0.15) is 0 Å². The molecule has 0 fully saturated rings. The Morgan fingerprint density at radius 2 is 1.89 bits per heavy atom. The van der Waals surface area contributed by atoms with Crippen LogP contribution in [-0.4, -0.2) is 19.4 Å². The summed E-state index contributed by atoms with van der Waals surface area (Å²) in [6, 6.07) is 9.65. The zero-order valence-corrected chi connectivity index (χ0v) is 10.6. The summed E-state index contributed by atoms with van der Waals surface area (Å²) in [5.74, 6) is -0.430. The molecule has 1 aromatic rings. The second kappa shape index (κ2) is 7.45. The van der Waals surface area contributed by atoms with Crippen molar-refractivity contribution in [2.24, 2.45) is 0 Å². The van der Waals surface area contributed by atoms with Crippen molar-refractivity contribution in [2.75, 3.05) is 13.4 Å². The number of hydrogen-bond donors (Lipinski definition) is 0. The van der Waals surface area contributed by atoms with Gasteiger partial charge >= 0.3 is 5.97 Å². The van der Waals surface area contributed by atoms with E-state index < -0.39 is 5.97 Å². The summed E-state index contributed by atoms with van der Waals surface area (Å²) in [4.78, 5) is 11.6. The van der Waals surface area contributed by atoms with Gasteiger partial charge in [-0.05, 0) is 12.5 Å². The van der Waals surface area contributed by atoms with E-state index in [0.29, 0.717) is 18.6 Å². The highest BCUT2D eigenvalue weighted by Gasteiger charge is 2.08. The molecule has 0 aliphatic heterocycles. The first kappa shape index (κ1) is 14.2. The number of esters is 1. The maximum atomic E-state index is 11.6. The highest BCUT2D eigenvalue weighted by atomic mass is 16.7. The first-order valence-corrected chi connectivity index (χ1v) is 5.70. The van der Waals surface area contributed by atoms with Crippen molar-refractivity contribution in [1.29, 1.82) is 0 Å². The molecule has 3 heteroatoms. The lowest BCUT2D eigenvalue weighted by atomic mass is 10.1. The molecule has 0 unspecified atom stereocenters. The van der Waals surface area contributed by atoms with Crippen LogP contribution in [0.4, 0.5) is 0 Å². The molecular weight excluding hydrogens is 228 g/mol. The van der Waals surface area contributed by atoms with Gasteiger partial charge in [-0.1, -0.05) is 49.1 Å². The Hall–Kier alpha value is -1.87. The lowest BCUT2D eigenvalue weighted by Crippen LogP contribution is -2.12. The third-order valence-corrected chi connectivity index (χ3v) is 2.17. The van der Waals surface area contributed by atoms with Gasteiger partial charge in [0.05, 0.1) is 6.61 Å². The lowest BCUT2D eigenvalue weighted by molar-refractivity contribution is -0.150. The first-order valence-electron chi connectivity index (χ1n) is 5.70. The predicted octanol–water partition coefficient (Wildman–Crippen LogP) is 2.88. The van der Waals surface area contributed by atoms with Crippen LogP contribution in [0.1, 0.15) is 12.5 Å². The van der Waals surface area contributed by atoms with Gasteiger partial charge in [-0.15, -0.1) is 0 Å². The fourth-order valence-corrected chi connectivity index (χ4v) is 1.33. The molecule has 0 N–H and O–H groups in total. The van der Waals surface area contributed by atoms with Crippen LogP contribution in [0.5, 0.6) is 0 Å². The van der Waals surface area contributed by atoms with Crippen molar-refractivity contribution < 1.29 is 14.3 Å². The molecule has 0 aliphatic carbocycles. The number of rotatable bonds is 7. The van der Waals surface area contributed by atoms with Gasteiger partial charge in [-0.3, -0.25) is 0 Å². The molecule has 0 saturated heterocycles. The molecule has 0 bridgehead atoms. The minimum absolute atomic E-state index is 0.0699. The first-order chi connectivity index (χ1) is 8.59. The zero-order valence-electron chi connectivity index (χ0n) is 10.6. The zero-order chi connectivity index (χ0) is 13.4. The Bertz CT molecular complexity index is 421. The van der Waals surface area contributed by atoms with E-state index in [9.17, 15) is 4.79 Å². The van der Waals surface area contributed by atoms with E-state index in [-0.39, 0.29) is 6.79 Å². The van der Waals surface area contributed by atoms with Gasteiger partial charge in [0.2, 0.25) is 0 Å². The summed E-state index contributed by atoms with van der Waals surface area (Å²) < 4.78 is 10.0. The summed E-state index contributed by atoms with van der Waals surface area (Å²) in [6.45, 7) is 9.56. The molecule has 1 rings (SSSR count). The third-order valence-electron chi connectivity index (χ3n) is 2.17. The second-order valence-electron chi connectivity index (χ2n) is 4.12. The van der Waals surface area contributed by atoms with Crippen LogP contribution >= 0.6 is 0 Å². The van der Waals surface area contributed by atoms with Crippen molar-refractivity contribution in [3.8, 4) is 0 Å². The van der Waals surface area contributed by atoms with E-state index in [1.54, 1.807) is 0 Å². The van der Waals surface area contributed by atoms with Crippen LogP contribution in [0, 0.1) is 0 Å². The molecule has 3 nitrogen and oxygen atoms in total. The summed E-state index contributed by atoms with van der Waals surface area (Å²) >= 11 is 0. The summed E-state index contributed by atoms with van der Waals surface area (Å²) in [6.07, 6.45) is 0.486. The molecule has 1 aromatic carbocycles. The molecular formula is C15H18O3. The third kappa shape index (κ3) is 5.46. The molecule has 0 atom stereocenters. The number of carbonyl (C=O) groups excluding carboxylic acids is 1. The number of carbonyl (C=O) groups is 1. The van der Waals surface area contributed by atoms with Crippen LogP contribution < -0.4 is 0 Å². The average molecular weight is 246 g/mol. The Balaban J connectivity index is 2.29. The highest BCUT2D eigenvalue weighted by molar-refractivity contribution is 5.88. The van der Waals surface area contributed by atoms with Gasteiger partial charge in [-0.25, -0.2) is 4.79 Å². The summed E-state index contributed by atoms with van der Waals surface area (Å²) in [7, 11) is 0. The van der Waals surface area contributed by atoms with E-state index in [1.165, 1.54) is 0 Å². The monoisotopic (exact) mass is 246 g/mol. The van der Waals surface area contributed by atoms with Gasteiger partial charge in [0.15, 0.2) is 6.79 Å². The molecule has 0 amide bonds. The van der Waals surface area contributed by atoms with Crippen molar-refractivity contribution in [1.82, 2.24) is 0 Å². The van der Waals surface area contributed by atoms with Crippen molar-refractivity contribution in [3.05, 3.63) is 60.2 Å². The van der Waals surface area contributed by atoms with E-state index in [2.05, 4.69) is 13.2 Å². The lowest BCUT2D eigenvalue weighted by Gasteiger charge is -2.07. The van der Waals surface area contributed by atoms with Gasteiger partial charge in [0.25, 0.3) is 0 Å². The number of benzene rings is 1. The Morgan fingerprint density at radius 3 is 2.50 bits per heavy atom. The maximum absolute atomic E-state index is 11.6. The summed E-state index contributed by atoms with van der Waals surface area (Å²) in [5, 5.41) is 0. The Labute approximate surface area is 108 Å². The van der Waals surface area contributed by atoms with Crippen molar-refractivity contribution in [3.63, 3.8) is 0 Å². The largest absolute Gasteiger partial charge is 0.435 e. The minimum Gasteiger partial charge on any atom is -0.435 e. The fourth-order valence-electron chi connectivity index (χ4n) is 1.33. The fraction of sp³-hybridized carbons (Fsp3) is 0.267. The highest BCUT2D eigenvalue weighted by Crippen LogP contribution is 2.07. The molecule has 0 aliphatic rings. The van der Waals surface area contributed by atoms with Gasteiger partial charge in [0.1, 0.15) is 0 Å². The van der Waals surface area contributed by atoms with Crippen LogP contribution in [0.25, 0.3) is 0 Å². The quantitative estimate of drug-likeness (QED) is 0.244. The smallest absolute Gasteiger partial charge is 0.335 e. The standard InChI is InChI=1S/C15H18O3/c1-12(2)10-17-11-18-15(16)13(3)9-14-7-5-4-6-8-14/h4-8H,1,3,9-11H2,2H3. The average Bonchev–Trinajstić information content (AvgIpc) is 2.35. The molecule has 0 aromatic heterocycles. The van der Waals surface area contributed by atoms with Crippen LogP contribution in [0.15, 0.2) is 54.6 Å². The Morgan fingerprint density at radius 1 is 1.22 bits per heavy atom. The molecule has 0 radical (unpaired) electrons. The van der Waals surface area contributed by atoms with E-state index in [0.717, 1.165) is 11.1 Å². The molecule has 0 spiro atoms. The second-order valence-corrected chi connectivity index (χ2v) is 4.12. The van der Waals surface area contributed by atoms with E-state index in [4.69, 9.17) is 9.47 Å². The SMILES string of the molecule is C=C(C)COCOC(=O)C(=C)Cc1ccccc1. The van der Waals surface area contributed by atoms with E-state index >= 15 is 0 Å². The van der Waals surface area contributed by atoms with Crippen molar-refractivity contribution in [2.45, 2.75) is 13.3 Å². The Kier molecular flexibility index (Phi) is 5.88. The van der Waals surface area contributed by atoms with Crippen LogP contribution in [0.2, 0.25) is 0 Å². The van der Waals surface area contributed by atoms with Crippen LogP contribution in [-0.2, 0) is 20.7 Å². The normalized spacial score (nSPS) is 9.83. The topological polar surface area (TPSA) is 35.5 Å². The number of hydrogen-bond acceptors (Lipinski definition) is 3. The van der Waals surface area contributed by atoms with Gasteiger partial charge < -0.3 is 9.47 Å². The molecule has 0 heterocycles. The van der Waals surface area contributed by atoms with Crippen LogP contribution in [0.3, 0.4) is 0 Å². The molecule has 18 heavy (non-hydrogen) atoms. The molecule has 0 saturated carbocycles. The maximum Gasteiger partial charge on any atom is 0.335 e. The van der Waals surface area contributed by atoms with E-state index in [1.807, 2.05) is 37.3 Å². The number of ether oxygens (including phenoxy) is 2. The predicted molar refractivity (Wildman–Crippen MR) is 71.0 cm³/mol. The summed E-state index contributed by atoms with van der Waals surface area (Å²) in [5.41, 5.74) is 2.33. The minimum atomic E-state index is -0.430. The molecule has 96 valence electrons.